The molecule has 7 heteroatoms. The lowest BCUT2D eigenvalue weighted by molar-refractivity contribution is 0.628. The molecule has 4 aromatic rings. The Morgan fingerprint density at radius 2 is 1.85 bits per heavy atom. The Morgan fingerprint density at radius 1 is 1.07 bits per heavy atom. The molecule has 2 aromatic heterocycles. The molecule has 4 rings (SSSR count). The van der Waals surface area contributed by atoms with Gasteiger partial charge in [0, 0.05) is 23.7 Å². The molecule has 0 bridgehead atoms. The third kappa shape index (κ3) is 3.79. The molecule has 0 spiro atoms. The normalized spacial score (nSPS) is 11.1. The number of nitrogens with zero attached hydrogens (tertiary/aromatic N) is 4. The minimum atomic E-state index is -0.299. The van der Waals surface area contributed by atoms with Crippen LogP contribution < -0.4 is 0 Å². The topological polar surface area (TPSA) is 43.6 Å². The number of thioether (sulfide) groups is 1. The number of thiazole rings is 1. The van der Waals surface area contributed by atoms with Crippen LogP contribution in [0.2, 0.25) is 0 Å². The number of halogens is 1. The second-order valence-corrected chi connectivity index (χ2v) is 7.94. The Kier molecular flexibility index (Phi) is 5.05. The number of aryl methyl sites for hydroxylation is 1. The van der Waals surface area contributed by atoms with Gasteiger partial charge < -0.3 is 4.57 Å². The first-order valence-corrected chi connectivity index (χ1v) is 10.3. The van der Waals surface area contributed by atoms with Gasteiger partial charge in [0.15, 0.2) is 11.0 Å². The van der Waals surface area contributed by atoms with Crippen molar-refractivity contribution in [3.05, 3.63) is 71.0 Å². The van der Waals surface area contributed by atoms with Gasteiger partial charge in [-0.1, -0.05) is 53.7 Å². The maximum atomic E-state index is 14.0. The molecule has 0 aliphatic carbocycles. The fourth-order valence-electron chi connectivity index (χ4n) is 2.66. The maximum absolute atomic E-state index is 14.0. The van der Waals surface area contributed by atoms with Crippen molar-refractivity contribution >= 4 is 23.1 Å². The quantitative estimate of drug-likeness (QED) is 0.427. The number of benzene rings is 2. The van der Waals surface area contributed by atoms with E-state index in [4.69, 9.17) is 4.98 Å². The molecule has 0 saturated carbocycles. The van der Waals surface area contributed by atoms with Crippen LogP contribution in [0.5, 0.6) is 0 Å². The fraction of sp³-hybridized carbons (Fsp3) is 0.150. The smallest absolute Gasteiger partial charge is 0.191 e. The van der Waals surface area contributed by atoms with Gasteiger partial charge in [0.25, 0.3) is 0 Å². The van der Waals surface area contributed by atoms with Gasteiger partial charge in [-0.2, -0.15) is 0 Å². The SMILES string of the molecule is Cc1ccc(-c2nc(CSc3nnc(-c4ccccc4F)n3C)cs2)cc1. The van der Waals surface area contributed by atoms with Gasteiger partial charge in [0.1, 0.15) is 10.8 Å². The zero-order chi connectivity index (χ0) is 18.8. The van der Waals surface area contributed by atoms with E-state index >= 15 is 0 Å². The molecule has 4 nitrogen and oxygen atoms in total. The summed E-state index contributed by atoms with van der Waals surface area (Å²) in [5.41, 5.74) is 3.81. The highest BCUT2D eigenvalue weighted by molar-refractivity contribution is 7.98. The second-order valence-electron chi connectivity index (χ2n) is 6.14. The zero-order valence-electron chi connectivity index (χ0n) is 14.9. The highest BCUT2D eigenvalue weighted by Gasteiger charge is 2.15. The molecule has 0 aliphatic rings. The summed E-state index contributed by atoms with van der Waals surface area (Å²) in [6.07, 6.45) is 0. The molecular weight excluding hydrogens is 379 g/mol. The van der Waals surface area contributed by atoms with Crippen LogP contribution in [0.15, 0.2) is 59.1 Å². The molecule has 0 radical (unpaired) electrons. The molecule has 2 heterocycles. The largest absolute Gasteiger partial charge is 0.305 e. The predicted molar refractivity (Wildman–Crippen MR) is 108 cm³/mol. The van der Waals surface area contributed by atoms with Crippen molar-refractivity contribution in [3.8, 4) is 22.0 Å². The van der Waals surface area contributed by atoms with Crippen molar-refractivity contribution in [2.24, 2.45) is 7.05 Å². The van der Waals surface area contributed by atoms with Gasteiger partial charge >= 0.3 is 0 Å². The summed E-state index contributed by atoms with van der Waals surface area (Å²) in [7, 11) is 1.85. The molecular formula is C20H17FN4S2. The molecule has 0 fully saturated rings. The summed E-state index contributed by atoms with van der Waals surface area (Å²) in [4.78, 5) is 4.71. The standard InChI is InChI=1S/C20H17FN4S2/c1-13-7-9-14(10-8-13)19-22-15(11-26-19)12-27-20-24-23-18(25(20)2)16-5-3-4-6-17(16)21/h3-11H,12H2,1-2H3. The van der Waals surface area contributed by atoms with Crippen LogP contribution in [0.25, 0.3) is 22.0 Å². The lowest BCUT2D eigenvalue weighted by Crippen LogP contribution is -1.96. The highest BCUT2D eigenvalue weighted by atomic mass is 32.2. The Morgan fingerprint density at radius 3 is 2.63 bits per heavy atom. The number of hydrogen-bond acceptors (Lipinski definition) is 5. The van der Waals surface area contributed by atoms with Gasteiger partial charge in [0.05, 0.1) is 11.3 Å². The lowest BCUT2D eigenvalue weighted by atomic mass is 10.2. The lowest BCUT2D eigenvalue weighted by Gasteiger charge is -2.04. The zero-order valence-corrected chi connectivity index (χ0v) is 16.5. The van der Waals surface area contributed by atoms with E-state index in [9.17, 15) is 4.39 Å². The van der Waals surface area contributed by atoms with Crippen molar-refractivity contribution in [1.82, 2.24) is 19.7 Å². The maximum Gasteiger partial charge on any atom is 0.191 e. The first-order valence-electron chi connectivity index (χ1n) is 8.40. The van der Waals surface area contributed by atoms with E-state index in [0.29, 0.717) is 17.1 Å². The number of aromatic nitrogens is 4. The molecule has 0 amide bonds. The Balaban J connectivity index is 1.49. The molecule has 136 valence electrons. The summed E-state index contributed by atoms with van der Waals surface area (Å²) in [5.74, 6) is 0.909. The minimum absolute atomic E-state index is 0.299. The molecule has 0 N–H and O–H groups in total. The van der Waals surface area contributed by atoms with Crippen LogP contribution in [0.4, 0.5) is 4.39 Å². The second kappa shape index (κ2) is 7.62. The molecule has 27 heavy (non-hydrogen) atoms. The number of rotatable bonds is 5. The first-order chi connectivity index (χ1) is 13.1. The summed E-state index contributed by atoms with van der Waals surface area (Å²) < 4.78 is 15.8. The Bertz CT molecular complexity index is 1070. The predicted octanol–water partition coefficient (Wildman–Crippen LogP) is 5.35. The highest BCUT2D eigenvalue weighted by Crippen LogP contribution is 2.29. The van der Waals surface area contributed by atoms with Gasteiger partial charge in [-0.15, -0.1) is 21.5 Å². The monoisotopic (exact) mass is 396 g/mol. The average molecular weight is 397 g/mol. The van der Waals surface area contributed by atoms with Gasteiger partial charge in [-0.25, -0.2) is 9.37 Å². The van der Waals surface area contributed by atoms with E-state index in [-0.39, 0.29) is 5.82 Å². The van der Waals surface area contributed by atoms with Crippen LogP contribution in [0.3, 0.4) is 0 Å². The van der Waals surface area contributed by atoms with Gasteiger partial charge in [-0.3, -0.25) is 0 Å². The summed E-state index contributed by atoms with van der Waals surface area (Å²) in [5, 5.41) is 12.2. The summed E-state index contributed by atoms with van der Waals surface area (Å²) >= 11 is 3.18. The van der Waals surface area contributed by atoms with E-state index in [0.717, 1.165) is 21.4 Å². The molecule has 0 atom stereocenters. The van der Waals surface area contributed by atoms with Crippen LogP contribution in [-0.4, -0.2) is 19.7 Å². The first kappa shape index (κ1) is 17.9. The van der Waals surface area contributed by atoms with E-state index in [1.165, 1.54) is 11.6 Å². The van der Waals surface area contributed by atoms with Crippen LogP contribution >= 0.6 is 23.1 Å². The van der Waals surface area contributed by atoms with E-state index in [1.54, 1.807) is 41.3 Å². The van der Waals surface area contributed by atoms with Gasteiger partial charge in [0.2, 0.25) is 0 Å². The van der Waals surface area contributed by atoms with Crippen molar-refractivity contribution < 1.29 is 4.39 Å². The molecule has 0 aliphatic heterocycles. The third-order valence-corrected chi connectivity index (χ3v) is 6.14. The number of hydrogen-bond donors (Lipinski definition) is 0. The molecule has 2 aromatic carbocycles. The summed E-state index contributed by atoms with van der Waals surface area (Å²) in [6, 6.07) is 15.0. The minimum Gasteiger partial charge on any atom is -0.305 e. The van der Waals surface area contributed by atoms with E-state index in [2.05, 4.69) is 46.8 Å². The Labute approximate surface area is 165 Å². The third-order valence-electron chi connectivity index (χ3n) is 4.15. The van der Waals surface area contributed by atoms with Gasteiger partial charge in [-0.05, 0) is 19.1 Å². The average Bonchev–Trinajstić information content (AvgIpc) is 3.28. The molecule has 0 saturated heterocycles. The Hall–Kier alpha value is -2.51. The van der Waals surface area contributed by atoms with Crippen LogP contribution in [0.1, 0.15) is 11.3 Å². The van der Waals surface area contributed by atoms with Crippen molar-refractivity contribution in [2.75, 3.05) is 0 Å². The van der Waals surface area contributed by atoms with Crippen LogP contribution in [0, 0.1) is 12.7 Å². The van der Waals surface area contributed by atoms with E-state index < -0.39 is 0 Å². The van der Waals surface area contributed by atoms with Crippen molar-refractivity contribution in [3.63, 3.8) is 0 Å². The van der Waals surface area contributed by atoms with Crippen molar-refractivity contribution in [2.45, 2.75) is 17.8 Å². The van der Waals surface area contributed by atoms with Crippen LogP contribution in [-0.2, 0) is 12.8 Å². The van der Waals surface area contributed by atoms with Crippen molar-refractivity contribution in [1.29, 1.82) is 0 Å². The fourth-order valence-corrected chi connectivity index (χ4v) is 4.39. The summed E-state index contributed by atoms with van der Waals surface area (Å²) in [6.45, 7) is 2.07. The molecule has 0 unspecified atom stereocenters. The van der Waals surface area contributed by atoms with E-state index in [1.807, 2.05) is 11.6 Å².